The number of nitrogens with one attached hydrogen (secondary N) is 1. The van der Waals surface area contributed by atoms with Crippen molar-refractivity contribution >= 4 is 37.9 Å². The molecular weight excluding hydrogens is 399 g/mol. The van der Waals surface area contributed by atoms with Crippen molar-refractivity contribution < 1.29 is 13.2 Å². The molecule has 0 fully saturated rings. The maximum atomic E-state index is 13.4. The highest BCUT2D eigenvalue weighted by atomic mass is 79.9. The monoisotopic (exact) mass is 407 g/mol. The smallest absolute Gasteiger partial charge is 0.304 e. The third kappa shape index (κ3) is 2.53. The van der Waals surface area contributed by atoms with Crippen molar-refractivity contribution in [1.82, 2.24) is 14.5 Å². The van der Waals surface area contributed by atoms with Crippen molar-refractivity contribution in [3.8, 4) is 5.69 Å². The number of para-hydroxylation sites is 1. The van der Waals surface area contributed by atoms with Crippen LogP contribution >= 0.6 is 15.9 Å². The summed E-state index contributed by atoms with van der Waals surface area (Å²) >= 11 is 3.35. The van der Waals surface area contributed by atoms with Gasteiger partial charge in [0.15, 0.2) is 0 Å². The van der Waals surface area contributed by atoms with Crippen LogP contribution in [0, 0.1) is 0 Å². The molecule has 0 saturated heterocycles. The molecule has 0 aliphatic heterocycles. The minimum atomic E-state index is -4.58. The summed E-state index contributed by atoms with van der Waals surface area (Å²) in [5, 5.41) is 0.571. The summed E-state index contributed by atoms with van der Waals surface area (Å²) in [6.07, 6.45) is -3.14. The van der Waals surface area contributed by atoms with E-state index in [-0.39, 0.29) is 5.69 Å². The van der Waals surface area contributed by atoms with Gasteiger partial charge in [0, 0.05) is 9.86 Å². The molecular formula is C17H9BrF3N3O. The van der Waals surface area contributed by atoms with E-state index >= 15 is 0 Å². The molecule has 0 aliphatic rings. The van der Waals surface area contributed by atoms with Crippen molar-refractivity contribution in [2.45, 2.75) is 6.18 Å². The van der Waals surface area contributed by atoms with Gasteiger partial charge >= 0.3 is 11.9 Å². The highest BCUT2D eigenvalue weighted by Gasteiger charge is 2.34. The lowest BCUT2D eigenvalue weighted by Gasteiger charge is -2.14. The van der Waals surface area contributed by atoms with Crippen molar-refractivity contribution in [1.29, 1.82) is 0 Å². The van der Waals surface area contributed by atoms with Crippen LogP contribution in [0.1, 0.15) is 5.56 Å². The number of halogens is 4. The lowest BCUT2D eigenvalue weighted by molar-refractivity contribution is -0.137. The van der Waals surface area contributed by atoms with Gasteiger partial charge in [0.25, 0.3) is 0 Å². The molecule has 1 N–H and O–H groups in total. The van der Waals surface area contributed by atoms with E-state index in [1.165, 1.54) is 24.4 Å². The Morgan fingerprint density at radius 1 is 1.12 bits per heavy atom. The maximum absolute atomic E-state index is 13.4. The number of benzene rings is 2. The number of nitrogens with zero attached hydrogens (tertiary/aromatic N) is 2. The molecule has 4 rings (SSSR count). The number of H-pyrrole nitrogens is 1. The normalized spacial score (nSPS) is 12.2. The Morgan fingerprint density at radius 3 is 2.64 bits per heavy atom. The Hall–Kier alpha value is -2.61. The fourth-order valence-corrected chi connectivity index (χ4v) is 3.26. The minimum Gasteiger partial charge on any atom is -0.304 e. The van der Waals surface area contributed by atoms with Gasteiger partial charge in [-0.25, -0.2) is 4.79 Å². The van der Waals surface area contributed by atoms with Crippen LogP contribution < -0.4 is 5.69 Å². The predicted molar refractivity (Wildman–Crippen MR) is 91.9 cm³/mol. The van der Waals surface area contributed by atoms with Gasteiger partial charge in [-0.05, 0) is 30.3 Å². The standard InChI is InChI=1S/C17H9BrF3N3O/c18-9-5-6-12-10(7-9)15-13(8-22-12)23-16(25)24(15)14-4-2-1-3-11(14)17(19,20)21/h1-8H,(H,23,25). The summed E-state index contributed by atoms with van der Waals surface area (Å²) < 4.78 is 42.0. The van der Waals surface area contributed by atoms with Crippen molar-refractivity contribution in [2.75, 3.05) is 0 Å². The molecule has 2 aromatic carbocycles. The fourth-order valence-electron chi connectivity index (χ4n) is 2.89. The molecule has 0 spiro atoms. The molecule has 4 nitrogen and oxygen atoms in total. The molecule has 25 heavy (non-hydrogen) atoms. The van der Waals surface area contributed by atoms with Crippen LogP contribution in [-0.2, 0) is 6.18 Å². The number of aromatic nitrogens is 3. The average Bonchev–Trinajstić information content (AvgIpc) is 2.90. The Kier molecular flexibility index (Phi) is 3.47. The lowest BCUT2D eigenvalue weighted by Crippen LogP contribution is -2.19. The minimum absolute atomic E-state index is 0.223. The lowest BCUT2D eigenvalue weighted by atomic mass is 10.1. The van der Waals surface area contributed by atoms with Crippen molar-refractivity contribution in [3.63, 3.8) is 0 Å². The van der Waals surface area contributed by atoms with E-state index < -0.39 is 17.4 Å². The largest absolute Gasteiger partial charge is 0.418 e. The predicted octanol–water partition coefficient (Wildman–Crippen LogP) is 4.65. The quantitative estimate of drug-likeness (QED) is 0.499. The molecule has 0 amide bonds. The number of pyridine rings is 1. The molecule has 2 heterocycles. The number of rotatable bonds is 1. The summed E-state index contributed by atoms with van der Waals surface area (Å²) in [6, 6.07) is 10.2. The van der Waals surface area contributed by atoms with Gasteiger partial charge in [-0.2, -0.15) is 13.2 Å². The molecule has 0 radical (unpaired) electrons. The topological polar surface area (TPSA) is 50.7 Å². The first-order valence-electron chi connectivity index (χ1n) is 7.22. The number of fused-ring (bicyclic) bond motifs is 3. The number of hydrogen-bond acceptors (Lipinski definition) is 2. The molecule has 8 heteroatoms. The maximum Gasteiger partial charge on any atom is 0.418 e. The van der Waals surface area contributed by atoms with Gasteiger partial charge in [-0.1, -0.05) is 28.1 Å². The summed E-state index contributed by atoms with van der Waals surface area (Å²) in [6.45, 7) is 0. The van der Waals surface area contributed by atoms with E-state index in [1.807, 2.05) is 0 Å². The third-order valence-corrected chi connectivity index (χ3v) is 4.41. The van der Waals surface area contributed by atoms with Crippen LogP contribution in [0.25, 0.3) is 27.6 Å². The van der Waals surface area contributed by atoms with Gasteiger partial charge in [-0.15, -0.1) is 0 Å². The third-order valence-electron chi connectivity index (χ3n) is 3.92. The van der Waals surface area contributed by atoms with Gasteiger partial charge in [0.1, 0.15) is 0 Å². The number of aromatic amines is 1. The second-order valence-corrected chi connectivity index (χ2v) is 6.38. The van der Waals surface area contributed by atoms with E-state index in [9.17, 15) is 18.0 Å². The van der Waals surface area contributed by atoms with Crippen LogP contribution in [0.4, 0.5) is 13.2 Å². The van der Waals surface area contributed by atoms with Crippen LogP contribution in [0.15, 0.2) is 57.9 Å². The average molecular weight is 408 g/mol. The van der Waals surface area contributed by atoms with Crippen LogP contribution in [0.5, 0.6) is 0 Å². The van der Waals surface area contributed by atoms with Crippen molar-refractivity contribution in [3.05, 3.63) is 69.2 Å². The Balaban J connectivity index is 2.19. The van der Waals surface area contributed by atoms with Gasteiger partial charge < -0.3 is 4.98 Å². The molecule has 0 unspecified atom stereocenters. The van der Waals surface area contributed by atoms with Crippen molar-refractivity contribution in [2.24, 2.45) is 0 Å². The zero-order valence-corrected chi connectivity index (χ0v) is 14.0. The Bertz CT molecular complexity index is 1180. The summed E-state index contributed by atoms with van der Waals surface area (Å²) in [7, 11) is 0. The first-order chi connectivity index (χ1) is 11.9. The zero-order valence-electron chi connectivity index (χ0n) is 12.4. The van der Waals surface area contributed by atoms with E-state index in [0.29, 0.717) is 21.9 Å². The SMILES string of the molecule is O=c1[nH]c2cnc3ccc(Br)cc3c2n1-c1ccccc1C(F)(F)F. The first-order valence-corrected chi connectivity index (χ1v) is 8.01. The molecule has 2 aromatic heterocycles. The molecule has 0 atom stereocenters. The summed E-state index contributed by atoms with van der Waals surface area (Å²) in [5.41, 5.74) is -0.453. The molecule has 4 aromatic rings. The fraction of sp³-hybridized carbons (Fsp3) is 0.0588. The van der Waals surface area contributed by atoms with Gasteiger partial charge in [0.05, 0.1) is 34.0 Å². The van der Waals surface area contributed by atoms with Crippen LogP contribution in [0.3, 0.4) is 0 Å². The molecule has 0 bridgehead atoms. The highest BCUT2D eigenvalue weighted by Crippen LogP contribution is 2.35. The first kappa shape index (κ1) is 15.9. The highest BCUT2D eigenvalue weighted by molar-refractivity contribution is 9.10. The summed E-state index contributed by atoms with van der Waals surface area (Å²) in [4.78, 5) is 19.3. The molecule has 0 aliphatic carbocycles. The van der Waals surface area contributed by atoms with Gasteiger partial charge in [-0.3, -0.25) is 9.55 Å². The summed E-state index contributed by atoms with van der Waals surface area (Å²) in [5.74, 6) is 0. The van der Waals surface area contributed by atoms with E-state index in [0.717, 1.165) is 15.1 Å². The second kappa shape index (κ2) is 5.45. The number of alkyl halides is 3. The van der Waals surface area contributed by atoms with E-state index in [2.05, 4.69) is 25.9 Å². The van der Waals surface area contributed by atoms with E-state index in [1.54, 1.807) is 18.2 Å². The second-order valence-electron chi connectivity index (χ2n) is 5.46. The zero-order chi connectivity index (χ0) is 17.8. The van der Waals surface area contributed by atoms with Crippen LogP contribution in [0.2, 0.25) is 0 Å². The van der Waals surface area contributed by atoms with E-state index in [4.69, 9.17) is 0 Å². The van der Waals surface area contributed by atoms with Crippen LogP contribution in [-0.4, -0.2) is 14.5 Å². The number of hydrogen-bond donors (Lipinski definition) is 1. The Morgan fingerprint density at radius 2 is 1.88 bits per heavy atom. The van der Waals surface area contributed by atoms with Gasteiger partial charge in [0.2, 0.25) is 0 Å². The molecule has 0 saturated carbocycles. The molecule has 126 valence electrons. The number of imidazole rings is 1. The Labute approximate surface area is 147 Å².